The second-order valence-electron chi connectivity index (χ2n) is 2.39. The van der Waals surface area contributed by atoms with Crippen molar-refractivity contribution in [2.45, 2.75) is 19.4 Å². The monoisotopic (exact) mass is 143 g/mol. The Morgan fingerprint density at radius 3 is 3.20 bits per heavy atom. The maximum atomic E-state index is 5.15. The molecule has 0 radical (unpaired) electrons. The molecule has 1 unspecified atom stereocenters. The molecule has 3 heteroatoms. The average Bonchev–Trinajstić information content (AvgIpc) is 1.88. The average molecular weight is 143 g/mol. The van der Waals surface area contributed by atoms with Crippen LogP contribution in [0.2, 0.25) is 0 Å². The van der Waals surface area contributed by atoms with E-state index in [-0.39, 0.29) is 0 Å². The van der Waals surface area contributed by atoms with Gasteiger partial charge < -0.3 is 9.47 Å². The van der Waals surface area contributed by atoms with Gasteiger partial charge in [0.25, 0.3) is 0 Å². The summed E-state index contributed by atoms with van der Waals surface area (Å²) in [4.78, 5) is 4.24. The van der Waals surface area contributed by atoms with Crippen LogP contribution in [0.4, 0.5) is 0 Å². The molecule has 1 atom stereocenters. The standard InChI is InChI=1S/C7H13NO2/c1-6-8-7(5-9-2)3-4-10-6/h7H,3-5H2,1-2H3. The van der Waals surface area contributed by atoms with Crippen molar-refractivity contribution in [1.29, 1.82) is 0 Å². The van der Waals surface area contributed by atoms with Gasteiger partial charge in [0, 0.05) is 20.5 Å². The number of methoxy groups -OCH3 is 1. The fourth-order valence-electron chi connectivity index (χ4n) is 1.01. The molecule has 1 heterocycles. The first kappa shape index (κ1) is 7.54. The van der Waals surface area contributed by atoms with E-state index in [1.807, 2.05) is 6.92 Å². The summed E-state index contributed by atoms with van der Waals surface area (Å²) in [5.74, 6) is 0.785. The number of hydrogen-bond acceptors (Lipinski definition) is 3. The third kappa shape index (κ3) is 1.99. The molecule has 1 rings (SSSR count). The van der Waals surface area contributed by atoms with Crippen LogP contribution in [0, 0.1) is 0 Å². The summed E-state index contributed by atoms with van der Waals surface area (Å²) < 4.78 is 10.1. The molecule has 0 aliphatic carbocycles. The van der Waals surface area contributed by atoms with Gasteiger partial charge in [0.15, 0.2) is 5.90 Å². The molecule has 0 spiro atoms. The number of hydrogen-bond donors (Lipinski definition) is 0. The van der Waals surface area contributed by atoms with E-state index in [9.17, 15) is 0 Å². The van der Waals surface area contributed by atoms with E-state index < -0.39 is 0 Å². The Kier molecular flexibility index (Phi) is 2.68. The van der Waals surface area contributed by atoms with Crippen LogP contribution in [-0.4, -0.2) is 32.3 Å². The summed E-state index contributed by atoms with van der Waals surface area (Å²) in [7, 11) is 1.69. The van der Waals surface area contributed by atoms with Gasteiger partial charge in [-0.15, -0.1) is 0 Å². The van der Waals surface area contributed by atoms with Gasteiger partial charge in [-0.2, -0.15) is 0 Å². The van der Waals surface area contributed by atoms with E-state index in [1.165, 1.54) is 0 Å². The van der Waals surface area contributed by atoms with E-state index >= 15 is 0 Å². The van der Waals surface area contributed by atoms with E-state index in [2.05, 4.69) is 4.99 Å². The van der Waals surface area contributed by atoms with Gasteiger partial charge in [0.05, 0.1) is 19.3 Å². The van der Waals surface area contributed by atoms with E-state index in [1.54, 1.807) is 7.11 Å². The SMILES string of the molecule is COCC1CCOC(C)=N1. The Morgan fingerprint density at radius 2 is 2.60 bits per heavy atom. The summed E-state index contributed by atoms with van der Waals surface area (Å²) in [5.41, 5.74) is 0. The highest BCUT2D eigenvalue weighted by molar-refractivity contribution is 5.73. The van der Waals surface area contributed by atoms with Crippen LogP contribution >= 0.6 is 0 Å². The van der Waals surface area contributed by atoms with Crippen LogP contribution in [0.3, 0.4) is 0 Å². The largest absolute Gasteiger partial charge is 0.481 e. The van der Waals surface area contributed by atoms with Crippen LogP contribution in [0.15, 0.2) is 4.99 Å². The van der Waals surface area contributed by atoms with Crippen molar-refractivity contribution in [2.24, 2.45) is 4.99 Å². The Bertz CT molecular complexity index is 134. The van der Waals surface area contributed by atoms with Crippen LogP contribution < -0.4 is 0 Å². The topological polar surface area (TPSA) is 30.8 Å². The molecule has 3 nitrogen and oxygen atoms in total. The molecule has 10 heavy (non-hydrogen) atoms. The number of aliphatic imine (C=N–C) groups is 1. The predicted octanol–water partition coefficient (Wildman–Crippen LogP) is 0.840. The highest BCUT2D eigenvalue weighted by Crippen LogP contribution is 2.06. The number of ether oxygens (including phenoxy) is 2. The smallest absolute Gasteiger partial charge is 0.180 e. The van der Waals surface area contributed by atoms with Crippen molar-refractivity contribution in [2.75, 3.05) is 20.3 Å². The summed E-state index contributed by atoms with van der Waals surface area (Å²) in [6.07, 6.45) is 0.977. The van der Waals surface area contributed by atoms with Gasteiger partial charge in [-0.25, -0.2) is 0 Å². The third-order valence-electron chi connectivity index (χ3n) is 1.49. The Morgan fingerprint density at radius 1 is 1.80 bits per heavy atom. The molecular weight excluding hydrogens is 130 g/mol. The van der Waals surface area contributed by atoms with Gasteiger partial charge in [0.2, 0.25) is 0 Å². The maximum Gasteiger partial charge on any atom is 0.180 e. The first-order valence-corrected chi connectivity index (χ1v) is 3.49. The summed E-state index contributed by atoms with van der Waals surface area (Å²) in [5, 5.41) is 0. The molecule has 1 aliphatic rings. The van der Waals surface area contributed by atoms with Gasteiger partial charge in [-0.3, -0.25) is 4.99 Å². The lowest BCUT2D eigenvalue weighted by molar-refractivity contribution is 0.154. The second kappa shape index (κ2) is 3.56. The van der Waals surface area contributed by atoms with Crippen molar-refractivity contribution in [3.63, 3.8) is 0 Å². The van der Waals surface area contributed by atoms with E-state index in [0.717, 1.165) is 18.9 Å². The molecule has 0 bridgehead atoms. The van der Waals surface area contributed by atoms with Crippen LogP contribution in [0.1, 0.15) is 13.3 Å². The van der Waals surface area contributed by atoms with Gasteiger partial charge in [-0.05, 0) is 0 Å². The van der Waals surface area contributed by atoms with Crippen molar-refractivity contribution in [3.8, 4) is 0 Å². The van der Waals surface area contributed by atoms with Crippen LogP contribution in [0.25, 0.3) is 0 Å². The minimum Gasteiger partial charge on any atom is -0.481 e. The molecule has 0 saturated carbocycles. The predicted molar refractivity (Wildman–Crippen MR) is 39.3 cm³/mol. The first-order valence-electron chi connectivity index (χ1n) is 3.49. The van der Waals surface area contributed by atoms with Crippen LogP contribution in [0.5, 0.6) is 0 Å². The quantitative estimate of drug-likeness (QED) is 0.573. The molecular formula is C7H13NO2. The van der Waals surface area contributed by atoms with Crippen molar-refractivity contribution < 1.29 is 9.47 Å². The normalized spacial score (nSPS) is 25.4. The fraction of sp³-hybridized carbons (Fsp3) is 0.857. The van der Waals surface area contributed by atoms with Crippen LogP contribution in [-0.2, 0) is 9.47 Å². The van der Waals surface area contributed by atoms with E-state index in [0.29, 0.717) is 12.6 Å². The molecule has 0 fully saturated rings. The van der Waals surface area contributed by atoms with Crippen molar-refractivity contribution >= 4 is 5.90 Å². The lowest BCUT2D eigenvalue weighted by atomic mass is 10.2. The molecule has 0 N–H and O–H groups in total. The molecule has 0 aromatic rings. The summed E-state index contributed by atoms with van der Waals surface area (Å²) in [6, 6.07) is 0.318. The molecule has 58 valence electrons. The molecule has 1 aliphatic heterocycles. The van der Waals surface area contributed by atoms with Gasteiger partial charge in [-0.1, -0.05) is 0 Å². The van der Waals surface area contributed by atoms with Crippen molar-refractivity contribution in [3.05, 3.63) is 0 Å². The zero-order valence-electron chi connectivity index (χ0n) is 6.46. The maximum absolute atomic E-state index is 5.15. The molecule has 0 aromatic carbocycles. The highest BCUT2D eigenvalue weighted by atomic mass is 16.5. The highest BCUT2D eigenvalue weighted by Gasteiger charge is 2.12. The Labute approximate surface area is 61.0 Å². The van der Waals surface area contributed by atoms with Gasteiger partial charge in [0.1, 0.15) is 0 Å². The lowest BCUT2D eigenvalue weighted by Gasteiger charge is -2.18. The fourth-order valence-corrected chi connectivity index (χ4v) is 1.01. The number of nitrogens with zero attached hydrogens (tertiary/aromatic N) is 1. The molecule has 0 amide bonds. The first-order chi connectivity index (χ1) is 4.83. The third-order valence-corrected chi connectivity index (χ3v) is 1.49. The van der Waals surface area contributed by atoms with Gasteiger partial charge >= 0.3 is 0 Å². The molecule has 0 aromatic heterocycles. The second-order valence-corrected chi connectivity index (χ2v) is 2.39. The minimum atomic E-state index is 0.318. The summed E-state index contributed by atoms with van der Waals surface area (Å²) >= 11 is 0. The lowest BCUT2D eigenvalue weighted by Crippen LogP contribution is -2.23. The van der Waals surface area contributed by atoms with E-state index in [4.69, 9.17) is 9.47 Å². The minimum absolute atomic E-state index is 0.318. The van der Waals surface area contributed by atoms with Crippen molar-refractivity contribution in [1.82, 2.24) is 0 Å². The Balaban J connectivity index is 2.38. The zero-order chi connectivity index (χ0) is 7.40. The Hall–Kier alpha value is -0.570. The summed E-state index contributed by atoms with van der Waals surface area (Å²) in [6.45, 7) is 3.37. The molecule has 0 saturated heterocycles. The number of rotatable bonds is 2. The zero-order valence-corrected chi connectivity index (χ0v) is 6.46.